The molecule has 0 aliphatic carbocycles. The number of carbonyl (C=O) groups is 1. The van der Waals surface area contributed by atoms with Crippen LogP contribution in [-0.4, -0.2) is 5.91 Å². The van der Waals surface area contributed by atoms with Gasteiger partial charge in [-0.1, -0.05) is 41.9 Å². The molecule has 0 aliphatic rings. The molecule has 2 N–H and O–H groups in total. The summed E-state index contributed by atoms with van der Waals surface area (Å²) < 4.78 is 6.26. The van der Waals surface area contributed by atoms with Crippen molar-refractivity contribution in [3.8, 4) is 5.75 Å². The average molecular weight is 341 g/mol. The first-order valence-electron chi connectivity index (χ1n) is 5.53. The van der Waals surface area contributed by atoms with Gasteiger partial charge in [0.05, 0.1) is 9.50 Å². The third-order valence-electron chi connectivity index (χ3n) is 2.51. The minimum atomic E-state index is -0.530. The Bertz CT molecular complexity index is 579. The second-order valence-electron chi connectivity index (χ2n) is 3.91. The van der Waals surface area contributed by atoms with E-state index in [0.29, 0.717) is 27.4 Å². The molecule has 5 heteroatoms. The summed E-state index contributed by atoms with van der Waals surface area (Å²) in [6.45, 7) is 0.398. The monoisotopic (exact) mass is 339 g/mol. The number of hydrogen-bond donors (Lipinski definition) is 1. The SMILES string of the molecule is NC(=O)c1cc(Cl)c(OCc2ccccc2)c(Br)c1. The van der Waals surface area contributed by atoms with Gasteiger partial charge in [0.1, 0.15) is 6.61 Å². The van der Waals surface area contributed by atoms with Crippen molar-refractivity contribution in [1.82, 2.24) is 0 Å². The fourth-order valence-electron chi connectivity index (χ4n) is 1.57. The van der Waals surface area contributed by atoms with E-state index in [0.717, 1.165) is 5.56 Å². The molecule has 0 radical (unpaired) electrons. The van der Waals surface area contributed by atoms with E-state index in [1.165, 1.54) is 6.07 Å². The number of nitrogens with two attached hydrogens (primary N) is 1. The molecular weight excluding hydrogens is 330 g/mol. The molecular formula is C14H11BrClNO2. The largest absolute Gasteiger partial charge is 0.486 e. The summed E-state index contributed by atoms with van der Waals surface area (Å²) in [6.07, 6.45) is 0. The van der Waals surface area contributed by atoms with Crippen LogP contribution in [0.4, 0.5) is 0 Å². The first-order chi connectivity index (χ1) is 9.08. The van der Waals surface area contributed by atoms with E-state index in [4.69, 9.17) is 22.1 Å². The molecule has 1 amide bonds. The Kier molecular flexibility index (Phi) is 4.45. The van der Waals surface area contributed by atoms with Gasteiger partial charge in [-0.3, -0.25) is 4.79 Å². The molecule has 0 atom stereocenters. The van der Waals surface area contributed by atoms with Crippen LogP contribution >= 0.6 is 27.5 Å². The molecule has 0 spiro atoms. The number of halogens is 2. The molecule has 0 aromatic heterocycles. The van der Waals surface area contributed by atoms with Crippen molar-refractivity contribution in [1.29, 1.82) is 0 Å². The number of primary amides is 1. The number of hydrogen-bond acceptors (Lipinski definition) is 2. The highest BCUT2D eigenvalue weighted by molar-refractivity contribution is 9.10. The highest BCUT2D eigenvalue weighted by Gasteiger charge is 2.12. The van der Waals surface area contributed by atoms with Crippen LogP contribution in [-0.2, 0) is 6.61 Å². The molecule has 19 heavy (non-hydrogen) atoms. The summed E-state index contributed by atoms with van der Waals surface area (Å²) in [5.74, 6) is -0.0345. The zero-order valence-electron chi connectivity index (χ0n) is 9.90. The maximum Gasteiger partial charge on any atom is 0.248 e. The van der Waals surface area contributed by atoms with Crippen molar-refractivity contribution in [2.75, 3.05) is 0 Å². The Morgan fingerprint density at radius 1 is 1.26 bits per heavy atom. The van der Waals surface area contributed by atoms with Gasteiger partial charge in [-0.25, -0.2) is 0 Å². The Morgan fingerprint density at radius 2 is 1.95 bits per heavy atom. The molecule has 0 unspecified atom stereocenters. The van der Waals surface area contributed by atoms with Gasteiger partial charge in [-0.2, -0.15) is 0 Å². The molecule has 3 nitrogen and oxygen atoms in total. The first kappa shape index (κ1) is 13.9. The summed E-state index contributed by atoms with van der Waals surface area (Å²) in [5.41, 5.74) is 6.58. The van der Waals surface area contributed by atoms with E-state index in [-0.39, 0.29) is 0 Å². The maximum absolute atomic E-state index is 11.1. The van der Waals surface area contributed by atoms with Crippen LogP contribution in [0.5, 0.6) is 5.75 Å². The van der Waals surface area contributed by atoms with E-state index in [2.05, 4.69) is 15.9 Å². The summed E-state index contributed by atoms with van der Waals surface area (Å²) >= 11 is 9.40. The lowest BCUT2D eigenvalue weighted by molar-refractivity contribution is 0.1000. The molecule has 0 fully saturated rings. The number of benzene rings is 2. The van der Waals surface area contributed by atoms with Crippen LogP contribution in [0.15, 0.2) is 46.9 Å². The summed E-state index contributed by atoms with van der Waals surface area (Å²) in [6, 6.07) is 12.8. The molecule has 0 aliphatic heterocycles. The number of amides is 1. The highest BCUT2D eigenvalue weighted by Crippen LogP contribution is 2.34. The predicted molar refractivity (Wildman–Crippen MR) is 78.4 cm³/mol. The average Bonchev–Trinajstić information content (AvgIpc) is 2.38. The Balaban J connectivity index is 2.19. The zero-order chi connectivity index (χ0) is 13.8. The Hall–Kier alpha value is -1.52. The van der Waals surface area contributed by atoms with Crippen molar-refractivity contribution in [2.45, 2.75) is 6.61 Å². The van der Waals surface area contributed by atoms with Crippen LogP contribution in [0.1, 0.15) is 15.9 Å². The minimum Gasteiger partial charge on any atom is -0.486 e. The van der Waals surface area contributed by atoms with Gasteiger partial charge in [0.25, 0.3) is 0 Å². The smallest absolute Gasteiger partial charge is 0.248 e. The highest BCUT2D eigenvalue weighted by atomic mass is 79.9. The molecule has 0 saturated heterocycles. The fraction of sp³-hybridized carbons (Fsp3) is 0.0714. The van der Waals surface area contributed by atoms with E-state index in [1.807, 2.05) is 30.3 Å². The van der Waals surface area contributed by atoms with Gasteiger partial charge < -0.3 is 10.5 Å². The van der Waals surface area contributed by atoms with E-state index >= 15 is 0 Å². The molecule has 98 valence electrons. The normalized spacial score (nSPS) is 10.2. The van der Waals surface area contributed by atoms with Crippen LogP contribution in [0.3, 0.4) is 0 Å². The van der Waals surface area contributed by atoms with Crippen molar-refractivity contribution in [3.63, 3.8) is 0 Å². The molecule has 0 bridgehead atoms. The maximum atomic E-state index is 11.1. The van der Waals surface area contributed by atoms with E-state index in [9.17, 15) is 4.79 Å². The number of carbonyl (C=O) groups excluding carboxylic acids is 1. The van der Waals surface area contributed by atoms with Gasteiger partial charge in [-0.15, -0.1) is 0 Å². The number of ether oxygens (including phenoxy) is 1. The van der Waals surface area contributed by atoms with Gasteiger partial charge in [0.2, 0.25) is 5.91 Å². The Labute approximate surface area is 124 Å². The van der Waals surface area contributed by atoms with Gasteiger partial charge in [0.15, 0.2) is 5.75 Å². The summed E-state index contributed by atoms with van der Waals surface area (Å²) in [7, 11) is 0. The molecule has 2 aromatic rings. The summed E-state index contributed by atoms with van der Waals surface area (Å²) in [4.78, 5) is 11.1. The third kappa shape index (κ3) is 3.49. The van der Waals surface area contributed by atoms with Crippen molar-refractivity contribution in [3.05, 3.63) is 63.1 Å². The third-order valence-corrected chi connectivity index (χ3v) is 3.38. The van der Waals surface area contributed by atoms with Gasteiger partial charge >= 0.3 is 0 Å². The van der Waals surface area contributed by atoms with Crippen LogP contribution in [0.25, 0.3) is 0 Å². The fourth-order valence-corrected chi connectivity index (χ4v) is 2.53. The lowest BCUT2D eigenvalue weighted by Gasteiger charge is -2.11. The van der Waals surface area contributed by atoms with Crippen molar-refractivity contribution in [2.24, 2.45) is 5.73 Å². The van der Waals surface area contributed by atoms with E-state index < -0.39 is 5.91 Å². The van der Waals surface area contributed by atoms with Crippen LogP contribution in [0, 0.1) is 0 Å². The summed E-state index contributed by atoms with van der Waals surface area (Å²) in [5, 5.41) is 0.346. The standard InChI is InChI=1S/C14H11BrClNO2/c15-11-6-10(14(17)18)7-12(16)13(11)19-8-9-4-2-1-3-5-9/h1-7H,8H2,(H2,17,18). The first-order valence-corrected chi connectivity index (χ1v) is 6.70. The second-order valence-corrected chi connectivity index (χ2v) is 5.17. The van der Waals surface area contributed by atoms with Crippen LogP contribution in [0.2, 0.25) is 5.02 Å². The molecule has 0 saturated carbocycles. The van der Waals surface area contributed by atoms with Crippen molar-refractivity contribution >= 4 is 33.4 Å². The van der Waals surface area contributed by atoms with Crippen molar-refractivity contribution < 1.29 is 9.53 Å². The lowest BCUT2D eigenvalue weighted by Crippen LogP contribution is -2.11. The number of rotatable bonds is 4. The topological polar surface area (TPSA) is 52.3 Å². The van der Waals surface area contributed by atoms with E-state index in [1.54, 1.807) is 6.07 Å². The zero-order valence-corrected chi connectivity index (χ0v) is 12.2. The van der Waals surface area contributed by atoms with Gasteiger partial charge in [-0.05, 0) is 33.6 Å². The van der Waals surface area contributed by atoms with Crippen LogP contribution < -0.4 is 10.5 Å². The molecule has 2 rings (SSSR count). The lowest BCUT2D eigenvalue weighted by atomic mass is 10.2. The minimum absolute atomic E-state index is 0.337. The molecule has 0 heterocycles. The second kappa shape index (κ2) is 6.08. The Morgan fingerprint density at radius 3 is 2.53 bits per heavy atom. The molecule has 2 aromatic carbocycles. The van der Waals surface area contributed by atoms with Gasteiger partial charge in [0, 0.05) is 5.56 Å². The predicted octanol–water partition coefficient (Wildman–Crippen LogP) is 3.78. The quantitative estimate of drug-likeness (QED) is 0.921.